The smallest absolute Gasteiger partial charge is 0.319 e. The van der Waals surface area contributed by atoms with Gasteiger partial charge >= 0.3 is 6.03 Å². The molecule has 0 saturated carbocycles. The number of ether oxygens (including phenoxy) is 1. The number of nitrogens with one attached hydrogen (secondary N) is 3. The minimum Gasteiger partial charge on any atom is -0.371 e. The van der Waals surface area contributed by atoms with Crippen molar-refractivity contribution in [3.63, 3.8) is 0 Å². The first-order valence-corrected chi connectivity index (χ1v) is 8.31. The van der Waals surface area contributed by atoms with Gasteiger partial charge in [0, 0.05) is 19.6 Å². The number of carbonyl (C=O) groups is 1. The molecule has 0 aliphatic carbocycles. The highest BCUT2D eigenvalue weighted by atomic mass is 19.1. The monoisotopic (exact) mass is 354 g/mol. The number of anilines is 1. The summed E-state index contributed by atoms with van der Waals surface area (Å²) in [6.45, 7) is 2.24. The number of amides is 2. The number of rotatable bonds is 4. The second-order valence-electron chi connectivity index (χ2n) is 5.92. The number of benzene rings is 2. The largest absolute Gasteiger partial charge is 0.371 e. The van der Waals surface area contributed by atoms with Crippen LogP contribution in [0.25, 0.3) is 0 Å². The summed E-state index contributed by atoms with van der Waals surface area (Å²) in [6, 6.07) is 13.1. The molecule has 1 heterocycles. The van der Waals surface area contributed by atoms with Gasteiger partial charge in [-0.2, -0.15) is 5.26 Å². The van der Waals surface area contributed by atoms with Gasteiger partial charge in [-0.25, -0.2) is 9.18 Å². The van der Waals surface area contributed by atoms with Gasteiger partial charge in [0.05, 0.1) is 30.0 Å². The van der Waals surface area contributed by atoms with Crippen LogP contribution in [0, 0.1) is 17.1 Å². The maximum Gasteiger partial charge on any atom is 0.319 e. The van der Waals surface area contributed by atoms with Crippen LogP contribution in [0.1, 0.15) is 22.8 Å². The van der Waals surface area contributed by atoms with Crippen LogP contribution in [0.4, 0.5) is 14.9 Å². The van der Waals surface area contributed by atoms with Gasteiger partial charge in [-0.1, -0.05) is 18.2 Å². The Hall–Kier alpha value is -2.95. The van der Waals surface area contributed by atoms with Crippen LogP contribution in [-0.4, -0.2) is 25.7 Å². The molecule has 3 N–H and O–H groups in total. The molecule has 0 unspecified atom stereocenters. The lowest BCUT2D eigenvalue weighted by Gasteiger charge is -2.24. The fourth-order valence-corrected chi connectivity index (χ4v) is 2.71. The standard InChI is InChI=1S/C19H19FN4O2/c20-16-9-15(18-12-22-6-7-26-18)4-5-17(16)24-19(25)23-11-14-3-1-2-13(8-14)10-21/h1-5,8-9,18,22H,6-7,11-12H2,(H2,23,24,25)/t18-/m1/s1. The lowest BCUT2D eigenvalue weighted by atomic mass is 10.1. The van der Waals surface area contributed by atoms with E-state index in [2.05, 4.69) is 16.0 Å². The maximum atomic E-state index is 14.3. The number of hydrogen-bond acceptors (Lipinski definition) is 4. The molecule has 3 rings (SSSR count). The van der Waals surface area contributed by atoms with Crippen molar-refractivity contribution in [1.82, 2.24) is 10.6 Å². The topological polar surface area (TPSA) is 86.2 Å². The zero-order valence-corrected chi connectivity index (χ0v) is 14.1. The summed E-state index contributed by atoms with van der Waals surface area (Å²) in [4.78, 5) is 12.0. The van der Waals surface area contributed by atoms with Crippen LogP contribution in [0.3, 0.4) is 0 Å². The second-order valence-corrected chi connectivity index (χ2v) is 5.92. The SMILES string of the molecule is N#Cc1cccc(CNC(=O)Nc2ccc([C@H]3CNCCO3)cc2F)c1. The lowest BCUT2D eigenvalue weighted by Crippen LogP contribution is -2.33. The first-order valence-electron chi connectivity index (χ1n) is 8.31. The summed E-state index contributed by atoms with van der Waals surface area (Å²) in [7, 11) is 0. The highest BCUT2D eigenvalue weighted by Gasteiger charge is 2.17. The summed E-state index contributed by atoms with van der Waals surface area (Å²) in [6.07, 6.45) is -0.187. The summed E-state index contributed by atoms with van der Waals surface area (Å²) >= 11 is 0. The molecule has 26 heavy (non-hydrogen) atoms. The number of nitrogens with zero attached hydrogens (tertiary/aromatic N) is 1. The molecule has 0 bridgehead atoms. The van der Waals surface area contributed by atoms with E-state index >= 15 is 0 Å². The first-order chi connectivity index (χ1) is 12.7. The molecule has 1 fully saturated rings. The van der Waals surface area contributed by atoms with Crippen LogP contribution in [0.2, 0.25) is 0 Å². The third-order valence-corrected chi connectivity index (χ3v) is 4.05. The van der Waals surface area contributed by atoms with Crippen molar-refractivity contribution in [3.8, 4) is 6.07 Å². The zero-order chi connectivity index (χ0) is 18.4. The average molecular weight is 354 g/mol. The Labute approximate surface area is 151 Å². The van der Waals surface area contributed by atoms with E-state index in [9.17, 15) is 9.18 Å². The van der Waals surface area contributed by atoms with Crippen molar-refractivity contribution >= 4 is 11.7 Å². The predicted molar refractivity (Wildman–Crippen MR) is 95.0 cm³/mol. The number of urea groups is 1. The fourth-order valence-electron chi connectivity index (χ4n) is 2.71. The van der Waals surface area contributed by atoms with E-state index in [4.69, 9.17) is 10.00 Å². The molecule has 1 aliphatic rings. The molecule has 2 aromatic carbocycles. The molecule has 1 atom stereocenters. The van der Waals surface area contributed by atoms with Crippen molar-refractivity contribution < 1.29 is 13.9 Å². The third-order valence-electron chi connectivity index (χ3n) is 4.05. The number of carbonyl (C=O) groups excluding carboxylic acids is 1. The normalized spacial score (nSPS) is 16.5. The van der Waals surface area contributed by atoms with Crippen molar-refractivity contribution in [2.45, 2.75) is 12.6 Å². The molecule has 0 radical (unpaired) electrons. The van der Waals surface area contributed by atoms with E-state index in [0.717, 1.165) is 17.7 Å². The number of nitriles is 1. The maximum absolute atomic E-state index is 14.3. The van der Waals surface area contributed by atoms with Gasteiger partial charge in [0.25, 0.3) is 0 Å². The van der Waals surface area contributed by atoms with Crippen LogP contribution in [0.15, 0.2) is 42.5 Å². The van der Waals surface area contributed by atoms with E-state index in [-0.39, 0.29) is 18.3 Å². The Kier molecular flexibility index (Phi) is 5.79. The molecular formula is C19H19FN4O2. The van der Waals surface area contributed by atoms with E-state index in [1.807, 2.05) is 6.07 Å². The third kappa shape index (κ3) is 4.57. The molecule has 7 heteroatoms. The van der Waals surface area contributed by atoms with Crippen LogP contribution < -0.4 is 16.0 Å². The van der Waals surface area contributed by atoms with Crippen molar-refractivity contribution in [1.29, 1.82) is 5.26 Å². The minimum absolute atomic E-state index is 0.0980. The molecule has 2 amide bonds. The Morgan fingerprint density at radius 2 is 2.23 bits per heavy atom. The number of hydrogen-bond donors (Lipinski definition) is 3. The Bertz CT molecular complexity index is 829. The molecule has 2 aromatic rings. The molecule has 134 valence electrons. The second kappa shape index (κ2) is 8.43. The van der Waals surface area contributed by atoms with Gasteiger partial charge in [-0.05, 0) is 35.4 Å². The van der Waals surface area contributed by atoms with Gasteiger partial charge < -0.3 is 20.7 Å². The first kappa shape index (κ1) is 17.9. The lowest BCUT2D eigenvalue weighted by molar-refractivity contribution is 0.0275. The minimum atomic E-state index is -0.519. The van der Waals surface area contributed by atoms with Crippen LogP contribution in [-0.2, 0) is 11.3 Å². The number of halogens is 1. The highest BCUT2D eigenvalue weighted by Crippen LogP contribution is 2.23. The van der Waals surface area contributed by atoms with Crippen molar-refractivity contribution in [2.24, 2.45) is 0 Å². The van der Waals surface area contributed by atoms with Gasteiger partial charge in [-0.3, -0.25) is 0 Å². The summed E-state index contributed by atoms with van der Waals surface area (Å²) in [5, 5.41) is 17.2. The zero-order valence-electron chi connectivity index (χ0n) is 14.1. The van der Waals surface area contributed by atoms with Crippen molar-refractivity contribution in [2.75, 3.05) is 25.0 Å². The Morgan fingerprint density at radius 3 is 2.96 bits per heavy atom. The summed E-state index contributed by atoms with van der Waals surface area (Å²) < 4.78 is 19.9. The van der Waals surface area contributed by atoms with Crippen LogP contribution >= 0.6 is 0 Å². The summed E-state index contributed by atoms with van der Waals surface area (Å²) in [5.74, 6) is -0.515. The van der Waals surface area contributed by atoms with E-state index in [1.165, 1.54) is 12.1 Å². The van der Waals surface area contributed by atoms with Gasteiger partial charge in [-0.15, -0.1) is 0 Å². The predicted octanol–water partition coefficient (Wildman–Crippen LogP) is 2.68. The molecule has 6 nitrogen and oxygen atoms in total. The highest BCUT2D eigenvalue weighted by molar-refractivity contribution is 5.89. The summed E-state index contributed by atoms with van der Waals surface area (Å²) in [5.41, 5.74) is 2.14. The quantitative estimate of drug-likeness (QED) is 0.788. The Morgan fingerprint density at radius 1 is 1.35 bits per heavy atom. The van der Waals surface area contributed by atoms with E-state index in [1.54, 1.807) is 30.3 Å². The van der Waals surface area contributed by atoms with E-state index in [0.29, 0.717) is 18.7 Å². The average Bonchev–Trinajstić information content (AvgIpc) is 2.69. The van der Waals surface area contributed by atoms with Crippen molar-refractivity contribution in [3.05, 3.63) is 65.0 Å². The molecule has 1 aliphatic heterocycles. The van der Waals surface area contributed by atoms with E-state index < -0.39 is 11.8 Å². The molecular weight excluding hydrogens is 335 g/mol. The van der Waals surface area contributed by atoms with Gasteiger partial charge in [0.15, 0.2) is 0 Å². The van der Waals surface area contributed by atoms with Gasteiger partial charge in [0.1, 0.15) is 5.82 Å². The number of morpholine rings is 1. The van der Waals surface area contributed by atoms with Crippen LogP contribution in [0.5, 0.6) is 0 Å². The Balaban J connectivity index is 1.57. The van der Waals surface area contributed by atoms with Gasteiger partial charge in [0.2, 0.25) is 0 Å². The molecule has 0 spiro atoms. The molecule has 1 saturated heterocycles. The fraction of sp³-hybridized carbons (Fsp3) is 0.263. The molecule has 0 aromatic heterocycles.